The van der Waals surface area contributed by atoms with Gasteiger partial charge < -0.3 is 15.4 Å². The second kappa shape index (κ2) is 8.56. The Balaban J connectivity index is 1.79. The Hall–Kier alpha value is -3.67. The zero-order valence-electron chi connectivity index (χ0n) is 16.9. The van der Waals surface area contributed by atoms with Crippen LogP contribution in [0.25, 0.3) is 0 Å². The van der Waals surface area contributed by atoms with E-state index in [1.165, 1.54) is 7.11 Å². The number of aromatic nitrogens is 1. The van der Waals surface area contributed by atoms with E-state index >= 15 is 0 Å². The fourth-order valence-electron chi connectivity index (χ4n) is 3.04. The molecule has 0 saturated heterocycles. The zero-order valence-corrected chi connectivity index (χ0v) is 16.9. The molecule has 148 valence electrons. The maximum absolute atomic E-state index is 12.7. The first-order chi connectivity index (χ1) is 13.9. The molecule has 0 aliphatic heterocycles. The quantitative estimate of drug-likeness (QED) is 0.672. The Bertz CT molecular complexity index is 1060. The van der Waals surface area contributed by atoms with Crippen molar-refractivity contribution in [3.8, 4) is 5.75 Å². The predicted octanol–water partition coefficient (Wildman–Crippen LogP) is 4.52. The molecule has 0 spiro atoms. The summed E-state index contributed by atoms with van der Waals surface area (Å²) in [5, 5.41) is 5.62. The van der Waals surface area contributed by atoms with Crippen LogP contribution in [0.15, 0.2) is 54.6 Å². The maximum atomic E-state index is 12.7. The summed E-state index contributed by atoms with van der Waals surface area (Å²) in [7, 11) is 1.54. The van der Waals surface area contributed by atoms with Crippen LogP contribution in [-0.4, -0.2) is 23.9 Å². The van der Waals surface area contributed by atoms with Crippen molar-refractivity contribution in [2.24, 2.45) is 0 Å². The summed E-state index contributed by atoms with van der Waals surface area (Å²) in [6, 6.07) is 16.0. The van der Waals surface area contributed by atoms with Gasteiger partial charge in [-0.2, -0.15) is 0 Å². The van der Waals surface area contributed by atoms with Gasteiger partial charge in [0.2, 0.25) is 0 Å². The van der Waals surface area contributed by atoms with Gasteiger partial charge in [-0.1, -0.05) is 18.2 Å². The van der Waals surface area contributed by atoms with Crippen LogP contribution < -0.4 is 15.4 Å². The van der Waals surface area contributed by atoms with Crippen molar-refractivity contribution in [3.05, 3.63) is 82.7 Å². The molecule has 1 heterocycles. The van der Waals surface area contributed by atoms with Crippen LogP contribution in [0.2, 0.25) is 0 Å². The van der Waals surface area contributed by atoms with Crippen LogP contribution in [0.4, 0.5) is 11.4 Å². The molecule has 0 radical (unpaired) electrons. The third-order valence-corrected chi connectivity index (χ3v) is 4.30. The van der Waals surface area contributed by atoms with Crippen molar-refractivity contribution in [1.82, 2.24) is 4.98 Å². The second-order valence-electron chi connectivity index (χ2n) is 6.90. The predicted molar refractivity (Wildman–Crippen MR) is 114 cm³/mol. The molecule has 6 heteroatoms. The van der Waals surface area contributed by atoms with E-state index in [9.17, 15) is 9.59 Å². The molecule has 0 saturated carbocycles. The van der Waals surface area contributed by atoms with E-state index in [-0.39, 0.29) is 17.3 Å². The number of nitrogens with zero attached hydrogens (tertiary/aromatic N) is 1. The highest BCUT2D eigenvalue weighted by Crippen LogP contribution is 2.25. The van der Waals surface area contributed by atoms with Crippen LogP contribution in [0, 0.1) is 20.8 Å². The van der Waals surface area contributed by atoms with Crippen LogP contribution in [0.3, 0.4) is 0 Å². The maximum Gasteiger partial charge on any atom is 0.274 e. The van der Waals surface area contributed by atoms with Gasteiger partial charge in [0, 0.05) is 5.69 Å². The van der Waals surface area contributed by atoms with Crippen LogP contribution >= 0.6 is 0 Å². The Morgan fingerprint density at radius 2 is 1.41 bits per heavy atom. The molecule has 2 N–H and O–H groups in total. The molecule has 0 unspecified atom stereocenters. The standard InChI is InChI=1S/C23H23N3O3/c1-14-8-9-21(29-4)20(13-14)26-23(28)19-7-5-6-18(25-19)22(27)24-17-11-15(2)10-16(3)12-17/h5-13H,1-4H3,(H,24,27)(H,26,28). The van der Waals surface area contributed by atoms with E-state index in [0.29, 0.717) is 17.1 Å². The Morgan fingerprint density at radius 3 is 2.03 bits per heavy atom. The van der Waals surface area contributed by atoms with Gasteiger partial charge in [0.05, 0.1) is 12.8 Å². The molecule has 2 aromatic carbocycles. The van der Waals surface area contributed by atoms with Crippen molar-refractivity contribution in [1.29, 1.82) is 0 Å². The SMILES string of the molecule is COc1ccc(C)cc1NC(=O)c1cccc(C(=O)Nc2cc(C)cc(C)c2)n1. The van der Waals surface area contributed by atoms with Crippen molar-refractivity contribution in [2.75, 3.05) is 17.7 Å². The summed E-state index contributed by atoms with van der Waals surface area (Å²) < 4.78 is 5.29. The zero-order chi connectivity index (χ0) is 21.0. The number of ether oxygens (including phenoxy) is 1. The molecular weight excluding hydrogens is 366 g/mol. The van der Waals surface area contributed by atoms with Gasteiger partial charge >= 0.3 is 0 Å². The fourth-order valence-corrected chi connectivity index (χ4v) is 3.04. The minimum Gasteiger partial charge on any atom is -0.495 e. The molecule has 29 heavy (non-hydrogen) atoms. The highest BCUT2D eigenvalue weighted by atomic mass is 16.5. The number of methoxy groups -OCH3 is 1. The molecule has 6 nitrogen and oxygen atoms in total. The minimum absolute atomic E-state index is 0.140. The molecule has 0 bridgehead atoms. The minimum atomic E-state index is -0.421. The van der Waals surface area contributed by atoms with E-state index in [0.717, 1.165) is 16.7 Å². The molecule has 3 rings (SSSR count). The van der Waals surface area contributed by atoms with Crippen molar-refractivity contribution >= 4 is 23.2 Å². The molecule has 2 amide bonds. The first kappa shape index (κ1) is 20.1. The largest absolute Gasteiger partial charge is 0.495 e. The van der Waals surface area contributed by atoms with Crippen LogP contribution in [0.1, 0.15) is 37.7 Å². The number of hydrogen-bond acceptors (Lipinski definition) is 4. The van der Waals surface area contributed by atoms with E-state index in [1.807, 2.05) is 51.1 Å². The Morgan fingerprint density at radius 1 is 0.793 bits per heavy atom. The third-order valence-electron chi connectivity index (χ3n) is 4.30. The van der Waals surface area contributed by atoms with Gasteiger partial charge in [-0.15, -0.1) is 0 Å². The number of hydrogen-bond donors (Lipinski definition) is 2. The van der Waals surface area contributed by atoms with Gasteiger partial charge in [0.25, 0.3) is 11.8 Å². The average Bonchev–Trinajstić information content (AvgIpc) is 2.67. The highest BCUT2D eigenvalue weighted by molar-refractivity contribution is 6.06. The third kappa shape index (κ3) is 4.99. The van der Waals surface area contributed by atoms with Gasteiger partial charge in [-0.3, -0.25) is 9.59 Å². The molecular formula is C23H23N3O3. The van der Waals surface area contributed by atoms with E-state index < -0.39 is 5.91 Å². The van der Waals surface area contributed by atoms with Gasteiger partial charge in [0.1, 0.15) is 17.1 Å². The van der Waals surface area contributed by atoms with Gasteiger partial charge in [-0.05, 0) is 73.9 Å². The lowest BCUT2D eigenvalue weighted by molar-refractivity contribution is 0.101. The summed E-state index contributed by atoms with van der Waals surface area (Å²) in [6.07, 6.45) is 0. The Kier molecular flexibility index (Phi) is 5.93. The number of nitrogens with one attached hydrogen (secondary N) is 2. The topological polar surface area (TPSA) is 80.3 Å². The molecule has 0 aliphatic carbocycles. The average molecular weight is 389 g/mol. The number of aryl methyl sites for hydroxylation is 3. The number of benzene rings is 2. The first-order valence-corrected chi connectivity index (χ1v) is 9.18. The lowest BCUT2D eigenvalue weighted by atomic mass is 10.1. The monoisotopic (exact) mass is 389 g/mol. The normalized spacial score (nSPS) is 10.3. The van der Waals surface area contributed by atoms with E-state index in [2.05, 4.69) is 15.6 Å². The number of carbonyl (C=O) groups excluding carboxylic acids is 2. The number of carbonyl (C=O) groups is 2. The van der Waals surface area contributed by atoms with E-state index in [1.54, 1.807) is 24.3 Å². The van der Waals surface area contributed by atoms with E-state index in [4.69, 9.17) is 4.74 Å². The van der Waals surface area contributed by atoms with Crippen LogP contribution in [0.5, 0.6) is 5.75 Å². The number of rotatable bonds is 5. The summed E-state index contributed by atoms with van der Waals surface area (Å²) in [5.41, 5.74) is 4.62. The van der Waals surface area contributed by atoms with Gasteiger partial charge in [-0.25, -0.2) is 4.98 Å². The van der Waals surface area contributed by atoms with Crippen molar-refractivity contribution in [2.45, 2.75) is 20.8 Å². The molecule has 0 aliphatic rings. The molecule has 0 atom stereocenters. The number of anilines is 2. The first-order valence-electron chi connectivity index (χ1n) is 9.18. The summed E-state index contributed by atoms with van der Waals surface area (Å²) in [4.78, 5) is 29.5. The lowest BCUT2D eigenvalue weighted by Crippen LogP contribution is -2.19. The smallest absolute Gasteiger partial charge is 0.274 e. The van der Waals surface area contributed by atoms with Crippen molar-refractivity contribution < 1.29 is 14.3 Å². The Labute approximate surface area is 169 Å². The van der Waals surface area contributed by atoms with Gasteiger partial charge in [0.15, 0.2) is 0 Å². The molecule has 1 aromatic heterocycles. The number of pyridine rings is 1. The molecule has 3 aromatic rings. The van der Waals surface area contributed by atoms with Crippen LogP contribution in [-0.2, 0) is 0 Å². The highest BCUT2D eigenvalue weighted by Gasteiger charge is 2.15. The summed E-state index contributed by atoms with van der Waals surface area (Å²) in [6.45, 7) is 5.85. The second-order valence-corrected chi connectivity index (χ2v) is 6.90. The lowest BCUT2D eigenvalue weighted by Gasteiger charge is -2.11. The summed E-state index contributed by atoms with van der Waals surface area (Å²) >= 11 is 0. The fraction of sp³-hybridized carbons (Fsp3) is 0.174. The number of amides is 2. The van der Waals surface area contributed by atoms with Crippen molar-refractivity contribution in [3.63, 3.8) is 0 Å². The summed E-state index contributed by atoms with van der Waals surface area (Å²) in [5.74, 6) is -0.250. The molecule has 0 fully saturated rings.